The third-order valence-electron chi connectivity index (χ3n) is 6.70. The molecule has 2 aromatic carbocycles. The summed E-state index contributed by atoms with van der Waals surface area (Å²) in [6.45, 7) is 2.13. The summed E-state index contributed by atoms with van der Waals surface area (Å²) in [6.07, 6.45) is 4.62. The molecule has 0 aromatic heterocycles. The van der Waals surface area contributed by atoms with Crippen LogP contribution in [0.5, 0.6) is 0 Å². The maximum absolute atomic E-state index is 13.6. The second-order valence-corrected chi connectivity index (χ2v) is 11.1. The van der Waals surface area contributed by atoms with Crippen LogP contribution < -0.4 is 9.80 Å². The average molecular weight is 488 g/mol. The Morgan fingerprint density at radius 3 is 2.36 bits per heavy atom. The summed E-state index contributed by atoms with van der Waals surface area (Å²) in [5.74, 6) is -0.229. The molecule has 2 amide bonds. The Morgan fingerprint density at radius 1 is 0.848 bits per heavy atom. The van der Waals surface area contributed by atoms with Crippen LogP contribution in [0.2, 0.25) is 5.02 Å². The number of amides is 2. The molecule has 2 fully saturated rings. The van der Waals surface area contributed by atoms with Gasteiger partial charge in [-0.1, -0.05) is 18.0 Å². The lowest BCUT2D eigenvalue weighted by Gasteiger charge is -2.26. The Kier molecular flexibility index (Phi) is 5.93. The summed E-state index contributed by atoms with van der Waals surface area (Å²) >= 11 is 6.19. The van der Waals surface area contributed by atoms with Crippen LogP contribution in [0.4, 0.5) is 11.4 Å². The number of rotatable bonds is 4. The smallest absolute Gasteiger partial charge is 0.260 e. The Bertz CT molecular complexity index is 1220. The van der Waals surface area contributed by atoms with Gasteiger partial charge >= 0.3 is 0 Å². The standard InChI is InChI=1S/C24H26ClN3O4S/c25-18-6-8-20(22(16-18)27-13-4-5-23(27)29)24(30)28-14-10-17-15-19(7-9-21(17)28)33(31,32)26-11-2-1-3-12-26/h6-9,15-16H,1-5,10-14H2. The van der Waals surface area contributed by atoms with Crippen LogP contribution in [0.3, 0.4) is 0 Å². The molecule has 7 nitrogen and oxygen atoms in total. The summed E-state index contributed by atoms with van der Waals surface area (Å²) < 4.78 is 27.7. The Morgan fingerprint density at radius 2 is 1.64 bits per heavy atom. The van der Waals surface area contributed by atoms with Crippen LogP contribution in [-0.2, 0) is 21.2 Å². The SMILES string of the molecule is O=C(c1ccc(Cl)cc1N1CCCC1=O)N1CCc2cc(S(=O)(=O)N3CCCCC3)ccc21. The predicted molar refractivity (Wildman–Crippen MR) is 127 cm³/mol. The number of carbonyl (C=O) groups excluding carboxylic acids is 2. The van der Waals surface area contributed by atoms with Gasteiger partial charge in [0.05, 0.1) is 16.1 Å². The molecule has 0 radical (unpaired) electrons. The fourth-order valence-electron chi connectivity index (χ4n) is 4.96. The maximum Gasteiger partial charge on any atom is 0.260 e. The lowest BCUT2D eigenvalue weighted by molar-refractivity contribution is -0.117. The van der Waals surface area contributed by atoms with E-state index >= 15 is 0 Å². The molecule has 33 heavy (non-hydrogen) atoms. The molecule has 2 aromatic rings. The number of halogens is 1. The monoisotopic (exact) mass is 487 g/mol. The van der Waals surface area contributed by atoms with E-state index in [9.17, 15) is 18.0 Å². The van der Waals surface area contributed by atoms with E-state index in [-0.39, 0.29) is 16.7 Å². The van der Waals surface area contributed by atoms with E-state index in [0.29, 0.717) is 61.0 Å². The molecular formula is C24H26ClN3O4S. The number of benzene rings is 2. The molecule has 0 saturated carbocycles. The molecule has 3 aliphatic rings. The van der Waals surface area contributed by atoms with Gasteiger partial charge in [-0.2, -0.15) is 4.31 Å². The van der Waals surface area contributed by atoms with E-state index in [1.807, 2.05) is 0 Å². The minimum Gasteiger partial charge on any atom is -0.312 e. The number of carbonyl (C=O) groups is 2. The van der Waals surface area contributed by atoms with Gasteiger partial charge in [0, 0.05) is 43.3 Å². The molecule has 0 spiro atoms. The topological polar surface area (TPSA) is 78.0 Å². The first-order valence-electron chi connectivity index (χ1n) is 11.4. The largest absolute Gasteiger partial charge is 0.312 e. The van der Waals surface area contributed by atoms with Gasteiger partial charge < -0.3 is 9.80 Å². The maximum atomic E-state index is 13.6. The van der Waals surface area contributed by atoms with Gasteiger partial charge in [-0.15, -0.1) is 0 Å². The molecule has 0 aliphatic carbocycles. The second-order valence-electron chi connectivity index (χ2n) is 8.77. The van der Waals surface area contributed by atoms with Gasteiger partial charge in [-0.05, 0) is 67.6 Å². The summed E-state index contributed by atoms with van der Waals surface area (Å²) in [5.41, 5.74) is 2.51. The van der Waals surface area contributed by atoms with Crippen molar-refractivity contribution in [3.05, 3.63) is 52.5 Å². The minimum atomic E-state index is -3.53. The summed E-state index contributed by atoms with van der Waals surface area (Å²) in [4.78, 5) is 29.5. The second kappa shape index (κ2) is 8.74. The fourth-order valence-corrected chi connectivity index (χ4v) is 6.70. The van der Waals surface area contributed by atoms with Crippen LogP contribution >= 0.6 is 11.6 Å². The molecule has 174 valence electrons. The van der Waals surface area contributed by atoms with E-state index in [1.54, 1.807) is 50.5 Å². The summed E-state index contributed by atoms with van der Waals surface area (Å²) in [5, 5.41) is 0.468. The summed E-state index contributed by atoms with van der Waals surface area (Å²) in [7, 11) is -3.53. The number of sulfonamides is 1. The van der Waals surface area contributed by atoms with Crippen LogP contribution in [0.15, 0.2) is 41.3 Å². The van der Waals surface area contributed by atoms with Gasteiger partial charge in [0.15, 0.2) is 0 Å². The molecule has 2 saturated heterocycles. The quantitative estimate of drug-likeness (QED) is 0.656. The zero-order valence-corrected chi connectivity index (χ0v) is 19.9. The number of anilines is 2. The van der Waals surface area contributed by atoms with Gasteiger partial charge in [-0.25, -0.2) is 8.42 Å². The molecule has 9 heteroatoms. The third kappa shape index (κ3) is 4.05. The normalized spacial score (nSPS) is 19.2. The van der Waals surface area contributed by atoms with Crippen molar-refractivity contribution in [2.75, 3.05) is 36.0 Å². The third-order valence-corrected chi connectivity index (χ3v) is 8.83. The Labute approximate surface area is 199 Å². The number of fused-ring (bicyclic) bond motifs is 1. The van der Waals surface area contributed by atoms with Gasteiger partial charge in [0.25, 0.3) is 5.91 Å². The first kappa shape index (κ1) is 22.4. The van der Waals surface area contributed by atoms with Gasteiger partial charge in [-0.3, -0.25) is 9.59 Å². The highest BCUT2D eigenvalue weighted by molar-refractivity contribution is 7.89. The number of hydrogen-bond acceptors (Lipinski definition) is 4. The van der Waals surface area contributed by atoms with Crippen LogP contribution in [0.1, 0.15) is 48.0 Å². The van der Waals surface area contributed by atoms with Crippen molar-refractivity contribution in [1.82, 2.24) is 4.31 Å². The molecule has 0 unspecified atom stereocenters. The summed E-state index contributed by atoms with van der Waals surface area (Å²) in [6, 6.07) is 10.0. The fraction of sp³-hybridized carbons (Fsp3) is 0.417. The van der Waals surface area contributed by atoms with Crippen molar-refractivity contribution in [1.29, 1.82) is 0 Å². The van der Waals surface area contributed by atoms with E-state index in [0.717, 1.165) is 31.2 Å². The van der Waals surface area contributed by atoms with Gasteiger partial charge in [0.2, 0.25) is 15.9 Å². The predicted octanol–water partition coefficient (Wildman–Crippen LogP) is 3.84. The molecular weight excluding hydrogens is 462 g/mol. The highest BCUT2D eigenvalue weighted by Crippen LogP contribution is 2.35. The molecule has 5 rings (SSSR count). The zero-order chi connectivity index (χ0) is 23.2. The van der Waals surface area contributed by atoms with Crippen molar-refractivity contribution in [3.63, 3.8) is 0 Å². The van der Waals surface area contributed by atoms with Crippen LogP contribution in [0.25, 0.3) is 0 Å². The number of nitrogens with zero attached hydrogens (tertiary/aromatic N) is 3. The molecule has 0 N–H and O–H groups in total. The van der Waals surface area contributed by atoms with Crippen molar-refractivity contribution >= 4 is 44.8 Å². The van der Waals surface area contributed by atoms with Crippen molar-refractivity contribution in [3.8, 4) is 0 Å². The molecule has 3 heterocycles. The highest BCUT2D eigenvalue weighted by Gasteiger charge is 2.33. The van der Waals surface area contributed by atoms with Crippen LogP contribution in [-0.4, -0.2) is 50.7 Å². The van der Waals surface area contributed by atoms with E-state index < -0.39 is 10.0 Å². The first-order valence-corrected chi connectivity index (χ1v) is 13.2. The Hall–Kier alpha value is -2.42. The highest BCUT2D eigenvalue weighted by atomic mass is 35.5. The molecule has 3 aliphatic heterocycles. The van der Waals surface area contributed by atoms with Crippen molar-refractivity contribution < 1.29 is 18.0 Å². The van der Waals surface area contributed by atoms with Crippen molar-refractivity contribution in [2.45, 2.75) is 43.4 Å². The van der Waals surface area contributed by atoms with E-state index in [2.05, 4.69) is 0 Å². The minimum absolute atomic E-state index is 0.0132. The van der Waals surface area contributed by atoms with Crippen LogP contribution in [0, 0.1) is 0 Å². The van der Waals surface area contributed by atoms with Gasteiger partial charge in [0.1, 0.15) is 0 Å². The van der Waals surface area contributed by atoms with Crippen molar-refractivity contribution in [2.24, 2.45) is 0 Å². The average Bonchev–Trinajstić information content (AvgIpc) is 3.44. The first-order chi connectivity index (χ1) is 15.9. The lowest BCUT2D eigenvalue weighted by Crippen LogP contribution is -2.35. The zero-order valence-electron chi connectivity index (χ0n) is 18.3. The number of hydrogen-bond donors (Lipinski definition) is 0. The van der Waals surface area contributed by atoms with E-state index in [4.69, 9.17) is 11.6 Å². The lowest BCUT2D eigenvalue weighted by atomic mass is 10.1. The number of piperidine rings is 1. The van der Waals surface area contributed by atoms with E-state index in [1.165, 1.54) is 0 Å². The molecule has 0 atom stereocenters. The Balaban J connectivity index is 1.45. The molecule has 0 bridgehead atoms.